The minimum atomic E-state index is -0.802. The molecule has 0 aromatic heterocycles. The molecule has 0 unspecified atom stereocenters. The van der Waals surface area contributed by atoms with E-state index in [9.17, 15) is 4.79 Å². The average molecular weight is 208 g/mol. The quantitative estimate of drug-likeness (QED) is 0.817. The first kappa shape index (κ1) is 9.83. The normalized spacial score (nSPS) is 13.6. The van der Waals surface area contributed by atoms with E-state index in [1.54, 1.807) is 0 Å². The fraction of sp³-hybridized carbons (Fsp3) is 0.364. The minimum Gasteiger partial charge on any atom is -0.486 e. The molecule has 0 spiro atoms. The number of ether oxygens (including phenoxy) is 2. The average Bonchev–Trinajstić information content (AvgIpc) is 2.26. The van der Waals surface area contributed by atoms with E-state index in [-0.39, 0.29) is 6.42 Å². The van der Waals surface area contributed by atoms with Crippen LogP contribution in [-0.2, 0) is 11.2 Å². The summed E-state index contributed by atoms with van der Waals surface area (Å²) in [6.45, 7) is 1.08. The molecule has 80 valence electrons. The van der Waals surface area contributed by atoms with Gasteiger partial charge in [-0.1, -0.05) is 12.1 Å². The van der Waals surface area contributed by atoms with Crippen LogP contribution in [0.5, 0.6) is 11.5 Å². The molecule has 15 heavy (non-hydrogen) atoms. The lowest BCUT2D eigenvalue weighted by atomic mass is 10.1. The van der Waals surface area contributed by atoms with E-state index in [4.69, 9.17) is 14.6 Å². The van der Waals surface area contributed by atoms with Gasteiger partial charge in [0.15, 0.2) is 11.5 Å². The van der Waals surface area contributed by atoms with Crippen LogP contribution in [0.4, 0.5) is 0 Å². The fourth-order valence-electron chi connectivity index (χ4n) is 1.57. The van der Waals surface area contributed by atoms with E-state index >= 15 is 0 Å². The molecule has 1 aromatic carbocycles. The van der Waals surface area contributed by atoms with Crippen LogP contribution in [-0.4, -0.2) is 24.3 Å². The second-order valence-electron chi connectivity index (χ2n) is 3.34. The Hall–Kier alpha value is -1.71. The van der Waals surface area contributed by atoms with Crippen molar-refractivity contribution in [1.82, 2.24) is 0 Å². The SMILES string of the molecule is O=C(O)CCc1cccc2c1OCCO2. The third kappa shape index (κ3) is 2.21. The van der Waals surface area contributed by atoms with Gasteiger partial charge in [-0.3, -0.25) is 4.79 Å². The van der Waals surface area contributed by atoms with Crippen LogP contribution in [0, 0.1) is 0 Å². The Morgan fingerprint density at radius 1 is 1.33 bits per heavy atom. The predicted molar refractivity (Wildman–Crippen MR) is 53.4 cm³/mol. The first-order valence-electron chi connectivity index (χ1n) is 4.86. The van der Waals surface area contributed by atoms with Crippen molar-refractivity contribution in [2.24, 2.45) is 0 Å². The van der Waals surface area contributed by atoms with E-state index < -0.39 is 5.97 Å². The molecule has 0 atom stereocenters. The molecule has 0 radical (unpaired) electrons. The van der Waals surface area contributed by atoms with E-state index in [1.165, 1.54) is 0 Å². The van der Waals surface area contributed by atoms with Crippen molar-refractivity contribution >= 4 is 5.97 Å². The molecule has 0 saturated heterocycles. The molecule has 1 aliphatic heterocycles. The molecule has 0 amide bonds. The Morgan fingerprint density at radius 3 is 2.93 bits per heavy atom. The summed E-state index contributed by atoms with van der Waals surface area (Å²) < 4.78 is 10.9. The number of rotatable bonds is 3. The first-order valence-corrected chi connectivity index (χ1v) is 4.86. The van der Waals surface area contributed by atoms with E-state index in [0.29, 0.717) is 31.1 Å². The van der Waals surface area contributed by atoms with Gasteiger partial charge in [0.1, 0.15) is 13.2 Å². The van der Waals surface area contributed by atoms with Crippen molar-refractivity contribution in [3.8, 4) is 11.5 Å². The number of benzene rings is 1. The lowest BCUT2D eigenvalue weighted by molar-refractivity contribution is -0.136. The largest absolute Gasteiger partial charge is 0.486 e. The van der Waals surface area contributed by atoms with Crippen molar-refractivity contribution in [2.45, 2.75) is 12.8 Å². The molecular weight excluding hydrogens is 196 g/mol. The van der Waals surface area contributed by atoms with Crippen LogP contribution in [0.1, 0.15) is 12.0 Å². The summed E-state index contributed by atoms with van der Waals surface area (Å²) in [7, 11) is 0. The van der Waals surface area contributed by atoms with E-state index in [0.717, 1.165) is 5.56 Å². The van der Waals surface area contributed by atoms with Gasteiger partial charge in [-0.2, -0.15) is 0 Å². The van der Waals surface area contributed by atoms with Crippen molar-refractivity contribution in [3.63, 3.8) is 0 Å². The lowest BCUT2D eigenvalue weighted by Crippen LogP contribution is -2.16. The molecule has 0 saturated carbocycles. The highest BCUT2D eigenvalue weighted by molar-refractivity contribution is 5.67. The summed E-state index contributed by atoms with van der Waals surface area (Å²) >= 11 is 0. The standard InChI is InChI=1S/C11H12O4/c12-10(13)5-4-8-2-1-3-9-11(8)15-7-6-14-9/h1-3H,4-7H2,(H,12,13). The molecule has 2 rings (SSSR count). The predicted octanol–water partition coefficient (Wildman–Crippen LogP) is 1.47. The second kappa shape index (κ2) is 4.21. The zero-order valence-electron chi connectivity index (χ0n) is 8.23. The van der Waals surface area contributed by atoms with Gasteiger partial charge in [-0.05, 0) is 18.1 Å². The van der Waals surface area contributed by atoms with Gasteiger partial charge < -0.3 is 14.6 Å². The number of fused-ring (bicyclic) bond motifs is 1. The van der Waals surface area contributed by atoms with E-state index in [1.807, 2.05) is 18.2 Å². The summed E-state index contributed by atoms with van der Waals surface area (Å²) in [5, 5.41) is 8.61. The highest BCUT2D eigenvalue weighted by Gasteiger charge is 2.15. The Kier molecular flexibility index (Phi) is 2.76. The molecule has 4 heteroatoms. The number of para-hydroxylation sites is 1. The highest BCUT2D eigenvalue weighted by Crippen LogP contribution is 2.34. The molecule has 1 aromatic rings. The summed E-state index contributed by atoms with van der Waals surface area (Å²) in [5.41, 5.74) is 0.898. The number of hydrogen-bond donors (Lipinski definition) is 1. The zero-order valence-corrected chi connectivity index (χ0v) is 8.23. The van der Waals surface area contributed by atoms with Crippen LogP contribution in [0.15, 0.2) is 18.2 Å². The molecule has 0 aliphatic carbocycles. The van der Waals surface area contributed by atoms with Crippen LogP contribution < -0.4 is 9.47 Å². The molecular formula is C11H12O4. The van der Waals surface area contributed by atoms with Crippen LogP contribution >= 0.6 is 0 Å². The van der Waals surface area contributed by atoms with Gasteiger partial charge in [0, 0.05) is 6.42 Å². The van der Waals surface area contributed by atoms with Gasteiger partial charge in [-0.15, -0.1) is 0 Å². The minimum absolute atomic E-state index is 0.111. The second-order valence-corrected chi connectivity index (χ2v) is 3.34. The summed E-state index contributed by atoms with van der Waals surface area (Å²) in [6, 6.07) is 5.56. The van der Waals surface area contributed by atoms with Crippen molar-refractivity contribution in [1.29, 1.82) is 0 Å². The van der Waals surface area contributed by atoms with Crippen LogP contribution in [0.3, 0.4) is 0 Å². The van der Waals surface area contributed by atoms with Crippen molar-refractivity contribution < 1.29 is 19.4 Å². The van der Waals surface area contributed by atoms with Crippen LogP contribution in [0.25, 0.3) is 0 Å². The van der Waals surface area contributed by atoms with Crippen molar-refractivity contribution in [2.75, 3.05) is 13.2 Å². The summed E-state index contributed by atoms with van der Waals surface area (Å²) in [5.74, 6) is 0.610. The molecule has 1 heterocycles. The molecule has 1 aliphatic rings. The van der Waals surface area contributed by atoms with Gasteiger partial charge in [0.2, 0.25) is 0 Å². The molecule has 0 bridgehead atoms. The lowest BCUT2D eigenvalue weighted by Gasteiger charge is -2.20. The van der Waals surface area contributed by atoms with Gasteiger partial charge in [0.25, 0.3) is 0 Å². The number of carboxylic acid groups (broad SMARTS) is 1. The molecule has 1 N–H and O–H groups in total. The Labute approximate surface area is 87.4 Å². The highest BCUT2D eigenvalue weighted by atomic mass is 16.6. The van der Waals surface area contributed by atoms with Gasteiger partial charge >= 0.3 is 5.97 Å². The van der Waals surface area contributed by atoms with Crippen molar-refractivity contribution in [3.05, 3.63) is 23.8 Å². The van der Waals surface area contributed by atoms with Crippen LogP contribution in [0.2, 0.25) is 0 Å². The number of carboxylic acids is 1. The number of aryl methyl sites for hydroxylation is 1. The smallest absolute Gasteiger partial charge is 0.303 e. The maximum atomic E-state index is 10.5. The van der Waals surface area contributed by atoms with E-state index in [2.05, 4.69) is 0 Å². The molecule has 0 fully saturated rings. The topological polar surface area (TPSA) is 55.8 Å². The first-order chi connectivity index (χ1) is 7.27. The fourth-order valence-corrected chi connectivity index (χ4v) is 1.57. The number of carbonyl (C=O) groups is 1. The summed E-state index contributed by atoms with van der Waals surface area (Å²) in [6.07, 6.45) is 0.585. The zero-order chi connectivity index (χ0) is 10.7. The third-order valence-electron chi connectivity index (χ3n) is 2.26. The maximum Gasteiger partial charge on any atom is 0.303 e. The third-order valence-corrected chi connectivity index (χ3v) is 2.26. The molecule has 4 nitrogen and oxygen atoms in total. The summed E-state index contributed by atoms with van der Waals surface area (Å²) in [4.78, 5) is 10.5. The van der Waals surface area contributed by atoms with Gasteiger partial charge in [-0.25, -0.2) is 0 Å². The Bertz CT molecular complexity index is 373. The van der Waals surface area contributed by atoms with Gasteiger partial charge in [0.05, 0.1) is 0 Å². The monoisotopic (exact) mass is 208 g/mol. The Balaban J connectivity index is 2.19. The Morgan fingerprint density at radius 2 is 2.13 bits per heavy atom. The number of hydrogen-bond acceptors (Lipinski definition) is 3. The maximum absolute atomic E-state index is 10.5. The number of aliphatic carboxylic acids is 1.